The van der Waals surface area contributed by atoms with Crippen LogP contribution in [0, 0.1) is 0 Å². The molecule has 1 heterocycles. The van der Waals surface area contributed by atoms with Gasteiger partial charge in [0.2, 0.25) is 0 Å². The fourth-order valence-electron chi connectivity index (χ4n) is 1.39. The zero-order valence-corrected chi connectivity index (χ0v) is 9.32. The van der Waals surface area contributed by atoms with Crippen LogP contribution in [-0.4, -0.2) is 22.7 Å². The molecule has 0 bridgehead atoms. The Morgan fingerprint density at radius 1 is 1.47 bits per heavy atom. The number of pyridine rings is 1. The smallest absolute Gasteiger partial charge is 0.0541 e. The molecule has 1 rings (SSSR count). The summed E-state index contributed by atoms with van der Waals surface area (Å²) in [7, 11) is 0. The summed E-state index contributed by atoms with van der Waals surface area (Å²) in [4.78, 5) is 4.22. The van der Waals surface area contributed by atoms with Crippen molar-refractivity contribution in [2.24, 2.45) is 0 Å². The molecule has 0 aromatic carbocycles. The predicted molar refractivity (Wildman–Crippen MR) is 61.5 cm³/mol. The van der Waals surface area contributed by atoms with Crippen molar-refractivity contribution in [1.29, 1.82) is 0 Å². The monoisotopic (exact) mass is 208 g/mol. The summed E-state index contributed by atoms with van der Waals surface area (Å²) < 4.78 is 0. The maximum atomic E-state index is 9.33. The summed E-state index contributed by atoms with van der Waals surface area (Å²) >= 11 is 0. The Hall–Kier alpha value is -0.930. The van der Waals surface area contributed by atoms with Crippen molar-refractivity contribution in [3.8, 4) is 0 Å². The van der Waals surface area contributed by atoms with Crippen LogP contribution in [0.1, 0.15) is 31.9 Å². The molecule has 1 atom stereocenters. The van der Waals surface area contributed by atoms with Crippen LogP contribution in [0.4, 0.5) is 0 Å². The van der Waals surface area contributed by atoms with Crippen LogP contribution in [0.3, 0.4) is 0 Å². The quantitative estimate of drug-likeness (QED) is 0.671. The van der Waals surface area contributed by atoms with E-state index in [9.17, 15) is 5.11 Å². The Morgan fingerprint density at radius 2 is 2.33 bits per heavy atom. The van der Waals surface area contributed by atoms with E-state index in [4.69, 9.17) is 0 Å². The number of hydrogen-bond acceptors (Lipinski definition) is 3. The average molecular weight is 208 g/mol. The Labute approximate surface area is 91.5 Å². The largest absolute Gasteiger partial charge is 0.393 e. The first-order chi connectivity index (χ1) is 7.33. The van der Waals surface area contributed by atoms with E-state index in [1.165, 1.54) is 0 Å². The fourth-order valence-corrected chi connectivity index (χ4v) is 1.39. The molecular weight excluding hydrogens is 188 g/mol. The minimum atomic E-state index is -0.137. The van der Waals surface area contributed by atoms with E-state index in [-0.39, 0.29) is 6.10 Å². The van der Waals surface area contributed by atoms with Gasteiger partial charge in [-0.2, -0.15) is 0 Å². The summed E-state index contributed by atoms with van der Waals surface area (Å²) in [6, 6.07) is 5.92. The number of nitrogens with zero attached hydrogens (tertiary/aromatic N) is 1. The van der Waals surface area contributed by atoms with Crippen LogP contribution in [0.5, 0.6) is 0 Å². The number of aliphatic hydroxyl groups excluding tert-OH is 1. The van der Waals surface area contributed by atoms with Crippen molar-refractivity contribution in [3.05, 3.63) is 30.1 Å². The first-order valence-corrected chi connectivity index (χ1v) is 5.61. The van der Waals surface area contributed by atoms with Crippen molar-refractivity contribution in [2.45, 2.75) is 38.8 Å². The van der Waals surface area contributed by atoms with Crippen LogP contribution < -0.4 is 5.32 Å². The second kappa shape index (κ2) is 7.37. The van der Waals surface area contributed by atoms with Crippen molar-refractivity contribution in [1.82, 2.24) is 10.3 Å². The third-order valence-corrected chi connectivity index (χ3v) is 2.39. The average Bonchev–Trinajstić information content (AvgIpc) is 2.29. The van der Waals surface area contributed by atoms with Gasteiger partial charge in [0.15, 0.2) is 0 Å². The molecule has 2 N–H and O–H groups in total. The van der Waals surface area contributed by atoms with Crippen molar-refractivity contribution in [3.63, 3.8) is 0 Å². The molecule has 1 unspecified atom stereocenters. The first kappa shape index (κ1) is 12.1. The third-order valence-electron chi connectivity index (χ3n) is 2.39. The van der Waals surface area contributed by atoms with E-state index in [1.54, 1.807) is 6.20 Å². The van der Waals surface area contributed by atoms with Crippen LogP contribution >= 0.6 is 0 Å². The number of hydrogen-bond donors (Lipinski definition) is 2. The van der Waals surface area contributed by atoms with Gasteiger partial charge >= 0.3 is 0 Å². The van der Waals surface area contributed by atoms with Gasteiger partial charge in [-0.05, 0) is 37.9 Å². The van der Waals surface area contributed by atoms with Crippen LogP contribution in [-0.2, 0) is 6.54 Å². The second-order valence-corrected chi connectivity index (χ2v) is 3.70. The van der Waals surface area contributed by atoms with E-state index in [0.29, 0.717) is 0 Å². The third kappa shape index (κ3) is 5.50. The number of aromatic nitrogens is 1. The molecule has 84 valence electrons. The summed E-state index contributed by atoms with van der Waals surface area (Å²) in [6.45, 7) is 3.75. The molecule has 0 aliphatic heterocycles. The van der Waals surface area contributed by atoms with E-state index in [1.807, 2.05) is 25.1 Å². The predicted octanol–water partition coefficient (Wildman–Crippen LogP) is 1.72. The molecule has 3 heteroatoms. The molecule has 1 aromatic rings. The van der Waals surface area contributed by atoms with Gasteiger partial charge in [0.1, 0.15) is 0 Å². The topological polar surface area (TPSA) is 45.1 Å². The van der Waals surface area contributed by atoms with E-state index < -0.39 is 0 Å². The molecule has 0 aliphatic rings. The maximum absolute atomic E-state index is 9.33. The molecular formula is C12H20N2O. The van der Waals surface area contributed by atoms with Gasteiger partial charge in [-0.1, -0.05) is 13.0 Å². The summed E-state index contributed by atoms with van der Waals surface area (Å²) in [5, 5.41) is 12.6. The Kier molecular flexibility index (Phi) is 5.97. The Balaban J connectivity index is 2.03. The summed E-state index contributed by atoms with van der Waals surface area (Å²) in [5.41, 5.74) is 1.06. The van der Waals surface area contributed by atoms with Crippen molar-refractivity contribution < 1.29 is 5.11 Å². The van der Waals surface area contributed by atoms with Gasteiger partial charge in [-0.3, -0.25) is 4.98 Å². The molecule has 1 aromatic heterocycles. The minimum absolute atomic E-state index is 0.137. The number of nitrogens with one attached hydrogen (secondary N) is 1. The van der Waals surface area contributed by atoms with Crippen LogP contribution in [0.2, 0.25) is 0 Å². The highest BCUT2D eigenvalue weighted by Gasteiger charge is 1.99. The molecule has 0 radical (unpaired) electrons. The van der Waals surface area contributed by atoms with E-state index in [0.717, 1.165) is 38.0 Å². The molecule has 0 saturated carbocycles. The normalized spacial score (nSPS) is 12.7. The van der Waals surface area contributed by atoms with E-state index >= 15 is 0 Å². The van der Waals surface area contributed by atoms with E-state index in [2.05, 4.69) is 10.3 Å². The minimum Gasteiger partial charge on any atom is -0.393 e. The van der Waals surface area contributed by atoms with Crippen LogP contribution in [0.15, 0.2) is 24.4 Å². The fraction of sp³-hybridized carbons (Fsp3) is 0.583. The van der Waals surface area contributed by atoms with Gasteiger partial charge in [-0.25, -0.2) is 0 Å². The highest BCUT2D eigenvalue weighted by atomic mass is 16.3. The first-order valence-electron chi connectivity index (χ1n) is 5.61. The Bertz CT molecular complexity index is 251. The van der Waals surface area contributed by atoms with Crippen molar-refractivity contribution >= 4 is 0 Å². The molecule has 0 fully saturated rings. The number of aliphatic hydroxyl groups is 1. The van der Waals surface area contributed by atoms with Crippen molar-refractivity contribution in [2.75, 3.05) is 6.54 Å². The lowest BCUT2D eigenvalue weighted by atomic mass is 10.1. The van der Waals surface area contributed by atoms with Gasteiger partial charge < -0.3 is 10.4 Å². The second-order valence-electron chi connectivity index (χ2n) is 3.70. The maximum Gasteiger partial charge on any atom is 0.0541 e. The van der Waals surface area contributed by atoms with Crippen LogP contribution in [0.25, 0.3) is 0 Å². The number of rotatable bonds is 7. The van der Waals surface area contributed by atoms with Gasteiger partial charge in [0.25, 0.3) is 0 Å². The summed E-state index contributed by atoms with van der Waals surface area (Å²) in [6.07, 6.45) is 4.41. The summed E-state index contributed by atoms with van der Waals surface area (Å²) in [5.74, 6) is 0. The highest BCUT2D eigenvalue weighted by molar-refractivity contribution is 5.02. The Morgan fingerprint density at radius 3 is 3.00 bits per heavy atom. The lowest BCUT2D eigenvalue weighted by Crippen LogP contribution is -2.17. The SMILES string of the molecule is CCC(O)CCCNCc1ccccn1. The molecule has 0 aliphatic carbocycles. The lowest BCUT2D eigenvalue weighted by molar-refractivity contribution is 0.157. The van der Waals surface area contributed by atoms with Gasteiger partial charge in [0, 0.05) is 12.7 Å². The standard InChI is InChI=1S/C12H20N2O/c1-2-12(15)7-5-8-13-10-11-6-3-4-9-14-11/h3-4,6,9,12-13,15H,2,5,7-8,10H2,1H3. The molecule has 15 heavy (non-hydrogen) atoms. The zero-order chi connectivity index (χ0) is 10.9. The van der Waals surface area contributed by atoms with Gasteiger partial charge in [-0.15, -0.1) is 0 Å². The molecule has 3 nitrogen and oxygen atoms in total. The molecule has 0 amide bonds. The van der Waals surface area contributed by atoms with Gasteiger partial charge in [0.05, 0.1) is 11.8 Å². The molecule has 0 spiro atoms. The lowest BCUT2D eigenvalue weighted by Gasteiger charge is -2.07. The zero-order valence-electron chi connectivity index (χ0n) is 9.32. The highest BCUT2D eigenvalue weighted by Crippen LogP contribution is 1.99. The molecule has 0 saturated heterocycles.